The first kappa shape index (κ1) is 16.8. The summed E-state index contributed by atoms with van der Waals surface area (Å²) in [7, 11) is 3.51. The Morgan fingerprint density at radius 1 is 1.50 bits per heavy atom. The van der Waals surface area contributed by atoms with Gasteiger partial charge in [-0.15, -0.1) is 0 Å². The highest BCUT2D eigenvalue weighted by Gasteiger charge is 2.22. The van der Waals surface area contributed by atoms with Gasteiger partial charge in [-0.3, -0.25) is 4.79 Å². The minimum atomic E-state index is 0.160. The molecule has 1 atom stereocenters. The maximum Gasteiger partial charge on any atom is 0.224 e. The zero-order chi connectivity index (χ0) is 15.8. The molecule has 1 aliphatic rings. The number of carbonyl (C=O) groups excluding carboxylic acids is 1. The number of hydrogen-bond acceptors (Lipinski definition) is 4. The lowest BCUT2D eigenvalue weighted by Gasteiger charge is -2.26. The van der Waals surface area contributed by atoms with Crippen molar-refractivity contribution in [1.82, 2.24) is 10.2 Å². The highest BCUT2D eigenvalue weighted by atomic mass is 16.5. The van der Waals surface area contributed by atoms with Gasteiger partial charge in [0.15, 0.2) is 0 Å². The third kappa shape index (κ3) is 5.00. The molecule has 0 spiro atoms. The highest BCUT2D eigenvalue weighted by Crippen LogP contribution is 2.18. The molecular weight excluding hydrogens is 280 g/mol. The standard InChI is InChI=1S/C17H26N2O3/c1-18-9-8-17(20)19(13-16-7-4-10-22-16)12-14-5-3-6-15(11-14)21-2/h3,5-6,11,16,18H,4,7-10,12-13H2,1-2H3. The van der Waals surface area contributed by atoms with Gasteiger partial charge in [-0.2, -0.15) is 0 Å². The minimum Gasteiger partial charge on any atom is -0.497 e. The van der Waals surface area contributed by atoms with Crippen molar-refractivity contribution in [3.63, 3.8) is 0 Å². The summed E-state index contributed by atoms with van der Waals surface area (Å²) < 4.78 is 10.9. The van der Waals surface area contributed by atoms with E-state index in [2.05, 4.69) is 5.32 Å². The van der Waals surface area contributed by atoms with Gasteiger partial charge in [-0.1, -0.05) is 12.1 Å². The van der Waals surface area contributed by atoms with E-state index in [1.165, 1.54) is 0 Å². The summed E-state index contributed by atoms with van der Waals surface area (Å²) in [5, 5.41) is 3.03. The quantitative estimate of drug-likeness (QED) is 0.796. The van der Waals surface area contributed by atoms with Crippen LogP contribution in [-0.2, 0) is 16.1 Å². The molecule has 1 N–H and O–H groups in total. The molecule has 0 radical (unpaired) electrons. The summed E-state index contributed by atoms with van der Waals surface area (Å²) in [6.45, 7) is 2.76. The molecule has 5 nitrogen and oxygen atoms in total. The van der Waals surface area contributed by atoms with Gasteiger partial charge in [-0.05, 0) is 37.6 Å². The summed E-state index contributed by atoms with van der Waals surface area (Å²) in [4.78, 5) is 14.4. The van der Waals surface area contributed by atoms with Crippen LogP contribution in [0.3, 0.4) is 0 Å². The molecule has 1 heterocycles. The first-order valence-corrected chi connectivity index (χ1v) is 7.90. The maximum absolute atomic E-state index is 12.4. The third-order valence-electron chi connectivity index (χ3n) is 3.90. The van der Waals surface area contributed by atoms with Gasteiger partial charge in [0.05, 0.1) is 13.2 Å². The molecule has 1 unspecified atom stereocenters. The van der Waals surface area contributed by atoms with Crippen molar-refractivity contribution < 1.29 is 14.3 Å². The van der Waals surface area contributed by atoms with Crippen molar-refractivity contribution in [2.45, 2.75) is 31.9 Å². The number of amides is 1. The molecule has 0 saturated carbocycles. The van der Waals surface area contributed by atoms with Crippen LogP contribution in [0.25, 0.3) is 0 Å². The Bertz CT molecular complexity index is 473. The van der Waals surface area contributed by atoms with E-state index in [0.29, 0.717) is 26.1 Å². The second-order valence-electron chi connectivity index (χ2n) is 5.61. The van der Waals surface area contributed by atoms with Crippen LogP contribution >= 0.6 is 0 Å². The van der Waals surface area contributed by atoms with Crippen molar-refractivity contribution in [2.75, 3.05) is 33.9 Å². The molecule has 5 heteroatoms. The number of nitrogens with one attached hydrogen (secondary N) is 1. The van der Waals surface area contributed by atoms with Gasteiger partial charge in [0.1, 0.15) is 5.75 Å². The fourth-order valence-electron chi connectivity index (χ4n) is 2.67. The SMILES string of the molecule is CNCCC(=O)N(Cc1cccc(OC)c1)CC1CCCO1. The topological polar surface area (TPSA) is 50.8 Å². The third-order valence-corrected chi connectivity index (χ3v) is 3.90. The molecule has 0 aromatic heterocycles. The van der Waals surface area contributed by atoms with Crippen molar-refractivity contribution in [1.29, 1.82) is 0 Å². The Labute approximate surface area is 132 Å². The van der Waals surface area contributed by atoms with Crippen LogP contribution in [0, 0.1) is 0 Å². The maximum atomic E-state index is 12.4. The first-order chi connectivity index (χ1) is 10.7. The van der Waals surface area contributed by atoms with Crippen LogP contribution < -0.4 is 10.1 Å². The van der Waals surface area contributed by atoms with E-state index in [1.54, 1.807) is 7.11 Å². The molecule has 0 bridgehead atoms. The summed E-state index contributed by atoms with van der Waals surface area (Å²) in [6, 6.07) is 7.87. The minimum absolute atomic E-state index is 0.160. The number of benzene rings is 1. The Morgan fingerprint density at radius 3 is 3.05 bits per heavy atom. The van der Waals surface area contributed by atoms with E-state index >= 15 is 0 Å². The van der Waals surface area contributed by atoms with E-state index < -0.39 is 0 Å². The fraction of sp³-hybridized carbons (Fsp3) is 0.588. The smallest absolute Gasteiger partial charge is 0.224 e. The van der Waals surface area contributed by atoms with E-state index in [9.17, 15) is 4.79 Å². The molecule has 2 rings (SSSR count). The van der Waals surface area contributed by atoms with Crippen LogP contribution in [-0.4, -0.2) is 50.8 Å². The number of hydrogen-bond donors (Lipinski definition) is 1. The van der Waals surface area contributed by atoms with Crippen molar-refractivity contribution in [2.24, 2.45) is 0 Å². The summed E-state index contributed by atoms with van der Waals surface area (Å²) in [5.41, 5.74) is 1.08. The van der Waals surface area contributed by atoms with Gasteiger partial charge in [0.25, 0.3) is 0 Å². The Hall–Kier alpha value is -1.59. The number of nitrogens with zero attached hydrogens (tertiary/aromatic N) is 1. The molecule has 0 aliphatic carbocycles. The van der Waals surface area contributed by atoms with Crippen LogP contribution in [0.4, 0.5) is 0 Å². The number of rotatable bonds is 8. The molecule has 1 amide bonds. The molecule has 22 heavy (non-hydrogen) atoms. The molecule has 122 valence electrons. The van der Waals surface area contributed by atoms with Crippen molar-refractivity contribution in [3.8, 4) is 5.75 Å². The largest absolute Gasteiger partial charge is 0.497 e. The molecule has 1 aliphatic heterocycles. The van der Waals surface area contributed by atoms with Crippen LogP contribution in [0.15, 0.2) is 24.3 Å². The highest BCUT2D eigenvalue weighted by molar-refractivity contribution is 5.76. The van der Waals surface area contributed by atoms with Crippen LogP contribution in [0.2, 0.25) is 0 Å². The molecule has 1 aromatic rings. The van der Waals surface area contributed by atoms with E-state index in [4.69, 9.17) is 9.47 Å². The Balaban J connectivity index is 2.02. The molecule has 1 fully saturated rings. The number of methoxy groups -OCH3 is 1. The second-order valence-corrected chi connectivity index (χ2v) is 5.61. The Morgan fingerprint density at radius 2 is 2.36 bits per heavy atom. The van der Waals surface area contributed by atoms with E-state index in [1.807, 2.05) is 36.2 Å². The zero-order valence-corrected chi connectivity index (χ0v) is 13.5. The average Bonchev–Trinajstić information content (AvgIpc) is 3.05. The number of carbonyl (C=O) groups is 1. The lowest BCUT2D eigenvalue weighted by Crippen LogP contribution is -2.38. The monoisotopic (exact) mass is 306 g/mol. The van der Waals surface area contributed by atoms with E-state index in [-0.39, 0.29) is 12.0 Å². The summed E-state index contributed by atoms with van der Waals surface area (Å²) in [6.07, 6.45) is 2.80. The summed E-state index contributed by atoms with van der Waals surface area (Å²) >= 11 is 0. The van der Waals surface area contributed by atoms with Crippen molar-refractivity contribution in [3.05, 3.63) is 29.8 Å². The van der Waals surface area contributed by atoms with Crippen LogP contribution in [0.5, 0.6) is 5.75 Å². The van der Waals surface area contributed by atoms with Gasteiger partial charge in [-0.25, -0.2) is 0 Å². The van der Waals surface area contributed by atoms with Crippen LogP contribution in [0.1, 0.15) is 24.8 Å². The van der Waals surface area contributed by atoms with Gasteiger partial charge >= 0.3 is 0 Å². The van der Waals surface area contributed by atoms with Gasteiger partial charge in [0.2, 0.25) is 5.91 Å². The lowest BCUT2D eigenvalue weighted by molar-refractivity contribution is -0.133. The molecule has 1 aromatic carbocycles. The average molecular weight is 306 g/mol. The predicted molar refractivity (Wildman–Crippen MR) is 85.9 cm³/mol. The molecular formula is C17H26N2O3. The summed E-state index contributed by atoms with van der Waals surface area (Å²) in [5.74, 6) is 0.977. The Kier molecular flexibility index (Phi) is 6.68. The van der Waals surface area contributed by atoms with Crippen molar-refractivity contribution >= 4 is 5.91 Å². The number of ether oxygens (including phenoxy) is 2. The fourth-order valence-corrected chi connectivity index (χ4v) is 2.67. The zero-order valence-electron chi connectivity index (χ0n) is 13.5. The molecule has 1 saturated heterocycles. The van der Waals surface area contributed by atoms with Gasteiger partial charge in [0, 0.05) is 32.7 Å². The van der Waals surface area contributed by atoms with E-state index in [0.717, 1.165) is 30.8 Å². The van der Waals surface area contributed by atoms with Gasteiger partial charge < -0.3 is 19.7 Å². The normalized spacial score (nSPS) is 17.5. The second kappa shape index (κ2) is 8.76. The predicted octanol–water partition coefficient (Wildman–Crippen LogP) is 1.81. The lowest BCUT2D eigenvalue weighted by atomic mass is 10.1. The first-order valence-electron chi connectivity index (χ1n) is 7.90.